The van der Waals surface area contributed by atoms with Crippen LogP contribution < -0.4 is 4.74 Å². The van der Waals surface area contributed by atoms with Crippen LogP contribution in [0.4, 0.5) is 8.78 Å². The maximum absolute atomic E-state index is 12.7. The fourth-order valence-corrected chi connectivity index (χ4v) is 1.55. The highest BCUT2D eigenvalue weighted by Crippen LogP contribution is 2.33. The molecule has 0 N–H and O–H groups in total. The molecular weight excluding hydrogens is 256 g/mol. The van der Waals surface area contributed by atoms with Crippen LogP contribution in [0.5, 0.6) is 5.88 Å². The molecule has 0 aliphatic carbocycles. The number of nitrogens with zero attached hydrogens (tertiary/aromatic N) is 1. The summed E-state index contributed by atoms with van der Waals surface area (Å²) in [7, 11) is 2.47. The highest BCUT2D eigenvalue weighted by Gasteiger charge is 2.22. The predicted molar refractivity (Wildman–Crippen MR) is 56.5 cm³/mol. The normalized spacial score (nSPS) is 10.5. The average molecular weight is 266 g/mol. The van der Waals surface area contributed by atoms with Crippen molar-refractivity contribution >= 4 is 17.6 Å². The number of alkyl halides is 2. The Morgan fingerprint density at radius 2 is 2.18 bits per heavy atom. The zero-order valence-electron chi connectivity index (χ0n) is 9.17. The van der Waals surface area contributed by atoms with E-state index in [4.69, 9.17) is 16.3 Å². The molecule has 0 fully saturated rings. The van der Waals surface area contributed by atoms with Gasteiger partial charge in [-0.05, 0) is 5.56 Å². The van der Waals surface area contributed by atoms with E-state index >= 15 is 0 Å². The monoisotopic (exact) mass is 265 g/mol. The Hall–Kier alpha value is -1.43. The van der Waals surface area contributed by atoms with E-state index < -0.39 is 18.0 Å². The number of esters is 1. The lowest BCUT2D eigenvalue weighted by molar-refractivity contribution is -0.139. The minimum atomic E-state index is -2.77. The van der Waals surface area contributed by atoms with Gasteiger partial charge in [0.1, 0.15) is 5.02 Å². The summed E-state index contributed by atoms with van der Waals surface area (Å²) in [6.45, 7) is 0. The molecule has 0 aliphatic rings. The molecule has 0 spiro atoms. The van der Waals surface area contributed by atoms with Gasteiger partial charge in [-0.3, -0.25) is 4.79 Å². The summed E-state index contributed by atoms with van der Waals surface area (Å²) >= 11 is 5.83. The fourth-order valence-electron chi connectivity index (χ4n) is 1.25. The third kappa shape index (κ3) is 3.03. The van der Waals surface area contributed by atoms with E-state index in [1.54, 1.807) is 0 Å². The first-order valence-electron chi connectivity index (χ1n) is 4.57. The molecule has 0 unspecified atom stereocenters. The third-order valence-electron chi connectivity index (χ3n) is 2.10. The van der Waals surface area contributed by atoms with Crippen molar-refractivity contribution in [2.75, 3.05) is 14.2 Å². The van der Waals surface area contributed by atoms with E-state index in [1.807, 2.05) is 0 Å². The summed E-state index contributed by atoms with van der Waals surface area (Å²) in [6, 6.07) is 0. The molecule has 0 radical (unpaired) electrons. The van der Waals surface area contributed by atoms with E-state index in [2.05, 4.69) is 9.72 Å². The Kier molecular flexibility index (Phi) is 4.62. The molecule has 0 aliphatic heterocycles. The summed E-state index contributed by atoms with van der Waals surface area (Å²) in [5, 5.41) is -0.101. The van der Waals surface area contributed by atoms with Gasteiger partial charge in [0, 0.05) is 11.8 Å². The number of carbonyl (C=O) groups is 1. The van der Waals surface area contributed by atoms with Crippen LogP contribution in [0.15, 0.2) is 6.20 Å². The van der Waals surface area contributed by atoms with Gasteiger partial charge in [0.15, 0.2) is 0 Å². The van der Waals surface area contributed by atoms with Crippen LogP contribution in [0.2, 0.25) is 5.02 Å². The van der Waals surface area contributed by atoms with Crippen LogP contribution in [0.3, 0.4) is 0 Å². The van der Waals surface area contributed by atoms with Crippen LogP contribution in [0.25, 0.3) is 0 Å². The summed E-state index contributed by atoms with van der Waals surface area (Å²) in [6.07, 6.45) is -2.19. The quantitative estimate of drug-likeness (QED) is 0.785. The molecule has 0 aromatic carbocycles. The number of hydrogen-bond acceptors (Lipinski definition) is 4. The number of hydrogen-bond donors (Lipinski definition) is 0. The minimum Gasteiger partial charge on any atom is -0.480 e. The first-order valence-corrected chi connectivity index (χ1v) is 4.95. The smallest absolute Gasteiger partial charge is 0.310 e. The van der Waals surface area contributed by atoms with Gasteiger partial charge in [0.2, 0.25) is 5.88 Å². The van der Waals surface area contributed by atoms with E-state index in [9.17, 15) is 13.6 Å². The lowest BCUT2D eigenvalue weighted by atomic mass is 10.1. The Balaban J connectivity index is 3.24. The van der Waals surface area contributed by atoms with Crippen molar-refractivity contribution in [3.63, 3.8) is 0 Å². The highest BCUT2D eigenvalue weighted by atomic mass is 35.5. The molecule has 0 atom stereocenters. The average Bonchev–Trinajstić information content (AvgIpc) is 2.30. The third-order valence-corrected chi connectivity index (χ3v) is 2.49. The van der Waals surface area contributed by atoms with Crippen LogP contribution in [0.1, 0.15) is 17.6 Å². The molecule has 4 nitrogen and oxygen atoms in total. The first kappa shape index (κ1) is 13.6. The number of pyridine rings is 1. The summed E-state index contributed by atoms with van der Waals surface area (Å²) in [4.78, 5) is 14.7. The molecule has 17 heavy (non-hydrogen) atoms. The zero-order valence-corrected chi connectivity index (χ0v) is 9.92. The van der Waals surface area contributed by atoms with Gasteiger partial charge >= 0.3 is 5.97 Å². The standard InChI is InChI=1S/C10H10ClF2NO3/c1-16-7(15)3-5-6(9(12)13)4-14-10(17-2)8(5)11/h4,9H,3H2,1-2H3. The summed E-state index contributed by atoms with van der Waals surface area (Å²) in [5.74, 6) is -0.669. The second-order valence-electron chi connectivity index (χ2n) is 3.07. The van der Waals surface area contributed by atoms with Crippen molar-refractivity contribution in [2.45, 2.75) is 12.8 Å². The maximum Gasteiger partial charge on any atom is 0.310 e. The van der Waals surface area contributed by atoms with Crippen molar-refractivity contribution in [1.82, 2.24) is 4.98 Å². The van der Waals surface area contributed by atoms with E-state index in [0.29, 0.717) is 0 Å². The van der Waals surface area contributed by atoms with Gasteiger partial charge < -0.3 is 9.47 Å². The minimum absolute atomic E-state index is 0.00466. The highest BCUT2D eigenvalue weighted by molar-refractivity contribution is 6.32. The van der Waals surface area contributed by atoms with E-state index in [-0.39, 0.29) is 22.9 Å². The van der Waals surface area contributed by atoms with E-state index in [1.165, 1.54) is 7.11 Å². The first-order chi connectivity index (χ1) is 8.01. The van der Waals surface area contributed by atoms with Gasteiger partial charge in [0.25, 0.3) is 6.43 Å². The lowest BCUT2D eigenvalue weighted by Crippen LogP contribution is -2.09. The second kappa shape index (κ2) is 5.77. The molecule has 0 saturated heterocycles. The predicted octanol–water partition coefficient (Wildman–Crippen LogP) is 2.40. The van der Waals surface area contributed by atoms with Crippen molar-refractivity contribution < 1.29 is 23.0 Å². The zero-order chi connectivity index (χ0) is 13.0. The Morgan fingerprint density at radius 1 is 1.53 bits per heavy atom. The molecular formula is C10H10ClF2NO3. The molecule has 0 amide bonds. The maximum atomic E-state index is 12.7. The van der Waals surface area contributed by atoms with Gasteiger partial charge in [-0.1, -0.05) is 11.6 Å². The Labute approximate surface area is 101 Å². The molecule has 7 heteroatoms. The number of ether oxygens (including phenoxy) is 2. The van der Waals surface area contributed by atoms with Crippen LogP contribution in [-0.2, 0) is 16.0 Å². The molecule has 94 valence electrons. The Bertz CT molecular complexity index is 426. The number of aromatic nitrogens is 1. The number of halogens is 3. The molecule has 0 saturated carbocycles. The molecule has 1 aromatic rings. The van der Waals surface area contributed by atoms with Gasteiger partial charge in [-0.15, -0.1) is 0 Å². The van der Waals surface area contributed by atoms with Crippen molar-refractivity contribution in [2.24, 2.45) is 0 Å². The topological polar surface area (TPSA) is 48.4 Å². The molecule has 1 aromatic heterocycles. The van der Waals surface area contributed by atoms with Gasteiger partial charge in [-0.2, -0.15) is 0 Å². The number of methoxy groups -OCH3 is 2. The number of rotatable bonds is 4. The van der Waals surface area contributed by atoms with Crippen LogP contribution in [-0.4, -0.2) is 25.2 Å². The van der Waals surface area contributed by atoms with Gasteiger partial charge in [0.05, 0.1) is 20.6 Å². The number of carbonyl (C=O) groups excluding carboxylic acids is 1. The second-order valence-corrected chi connectivity index (χ2v) is 3.45. The largest absolute Gasteiger partial charge is 0.480 e. The summed E-state index contributed by atoms with van der Waals surface area (Å²) < 4.78 is 34.6. The van der Waals surface area contributed by atoms with Gasteiger partial charge in [-0.25, -0.2) is 13.8 Å². The SMILES string of the molecule is COC(=O)Cc1c(C(F)F)cnc(OC)c1Cl. The molecule has 1 rings (SSSR count). The van der Waals surface area contributed by atoms with E-state index in [0.717, 1.165) is 13.3 Å². The molecule has 0 bridgehead atoms. The molecule has 1 heterocycles. The Morgan fingerprint density at radius 3 is 2.65 bits per heavy atom. The summed E-state index contributed by atoms with van der Waals surface area (Å²) in [5.41, 5.74) is -0.429. The fraction of sp³-hybridized carbons (Fsp3) is 0.400. The van der Waals surface area contributed by atoms with Crippen molar-refractivity contribution in [3.8, 4) is 5.88 Å². The lowest BCUT2D eigenvalue weighted by Gasteiger charge is -2.11. The van der Waals surface area contributed by atoms with Crippen molar-refractivity contribution in [3.05, 3.63) is 22.3 Å². The van der Waals surface area contributed by atoms with Crippen LogP contribution >= 0.6 is 11.6 Å². The van der Waals surface area contributed by atoms with Crippen molar-refractivity contribution in [1.29, 1.82) is 0 Å². The van der Waals surface area contributed by atoms with Crippen LogP contribution in [0, 0.1) is 0 Å².